The van der Waals surface area contributed by atoms with Crippen molar-refractivity contribution in [1.82, 2.24) is 0 Å². The van der Waals surface area contributed by atoms with E-state index in [9.17, 15) is 0 Å². The maximum atomic E-state index is 2.51. The van der Waals surface area contributed by atoms with Gasteiger partial charge in [0.2, 0.25) is 0 Å². The fraction of sp³-hybridized carbons (Fsp3) is 0.833. The number of rotatable bonds is 3. The average Bonchev–Trinajstić information content (AvgIpc) is 2.09. The number of allylic oxidation sites excluding steroid dienone is 2. The molecule has 70 valence electrons. The Morgan fingerprint density at radius 2 is 2.25 bits per heavy atom. The molecule has 1 fully saturated rings. The molecule has 0 saturated heterocycles. The molecule has 0 radical (unpaired) electrons. The van der Waals surface area contributed by atoms with Crippen LogP contribution in [0.5, 0.6) is 0 Å². The normalized spacial score (nSPS) is 27.8. The smallest absolute Gasteiger partial charge is 0.0232 e. The summed E-state index contributed by atoms with van der Waals surface area (Å²) in [6, 6.07) is 0. The summed E-state index contributed by atoms with van der Waals surface area (Å²) in [4.78, 5) is 0. The summed E-state index contributed by atoms with van der Waals surface area (Å²) in [6.45, 7) is 4.65. The van der Waals surface area contributed by atoms with Gasteiger partial charge in [0.1, 0.15) is 0 Å². The van der Waals surface area contributed by atoms with Crippen molar-refractivity contribution in [2.45, 2.75) is 58.8 Å². The zero-order valence-corrected chi connectivity index (χ0v) is 8.60. The van der Waals surface area contributed by atoms with Gasteiger partial charge in [-0.1, -0.05) is 44.8 Å². The largest absolute Gasteiger partial charge is 0.0851 e. The van der Waals surface area contributed by atoms with Gasteiger partial charge < -0.3 is 0 Å². The van der Waals surface area contributed by atoms with Gasteiger partial charge >= 0.3 is 0 Å². The molecule has 0 aromatic rings. The van der Waals surface area contributed by atoms with Crippen LogP contribution < -0.4 is 0 Å². The molecule has 0 spiro atoms. The Bertz CT molecular complexity index is 144. The third-order valence-electron chi connectivity index (χ3n) is 2.95. The van der Waals surface area contributed by atoms with E-state index >= 15 is 0 Å². The first kappa shape index (κ1) is 9.83. The quantitative estimate of drug-likeness (QED) is 0.433. The average molecular weight is 166 g/mol. The van der Waals surface area contributed by atoms with Crippen LogP contribution in [0, 0.1) is 5.92 Å². The van der Waals surface area contributed by atoms with Crippen LogP contribution in [0.25, 0.3) is 0 Å². The molecule has 0 aromatic heterocycles. The van der Waals surface area contributed by atoms with Crippen LogP contribution >= 0.6 is 0 Å². The Morgan fingerprint density at radius 3 is 2.92 bits per heavy atom. The van der Waals surface area contributed by atoms with E-state index in [4.69, 9.17) is 0 Å². The Kier molecular flexibility index (Phi) is 4.42. The summed E-state index contributed by atoms with van der Waals surface area (Å²) >= 11 is 0. The molecule has 0 amide bonds. The van der Waals surface area contributed by atoms with Crippen molar-refractivity contribution in [2.75, 3.05) is 0 Å². The number of hydrogen-bond donors (Lipinski definition) is 0. The first-order chi connectivity index (χ1) is 5.84. The summed E-state index contributed by atoms with van der Waals surface area (Å²) in [7, 11) is 0. The zero-order chi connectivity index (χ0) is 8.81. The van der Waals surface area contributed by atoms with Gasteiger partial charge in [0.15, 0.2) is 0 Å². The Labute approximate surface area is 77.1 Å². The lowest BCUT2D eigenvalue weighted by Gasteiger charge is -2.21. The lowest BCUT2D eigenvalue weighted by atomic mass is 9.85. The molecule has 1 rings (SSSR count). The first-order valence-electron chi connectivity index (χ1n) is 5.53. The Morgan fingerprint density at radius 1 is 1.42 bits per heavy atom. The third-order valence-corrected chi connectivity index (χ3v) is 2.95. The SMILES string of the molecule is CCCC/C=C1\CCCCC1C. The van der Waals surface area contributed by atoms with Gasteiger partial charge in [-0.2, -0.15) is 0 Å². The van der Waals surface area contributed by atoms with Gasteiger partial charge in [-0.3, -0.25) is 0 Å². The summed E-state index contributed by atoms with van der Waals surface area (Å²) in [6.07, 6.45) is 12.2. The molecular formula is C12H22. The molecule has 1 unspecified atom stereocenters. The second kappa shape index (κ2) is 5.40. The van der Waals surface area contributed by atoms with Crippen molar-refractivity contribution in [2.24, 2.45) is 5.92 Å². The van der Waals surface area contributed by atoms with Crippen molar-refractivity contribution >= 4 is 0 Å². The summed E-state index contributed by atoms with van der Waals surface area (Å²) < 4.78 is 0. The fourth-order valence-electron chi connectivity index (χ4n) is 2.01. The minimum atomic E-state index is 0.885. The second-order valence-electron chi connectivity index (χ2n) is 4.07. The van der Waals surface area contributed by atoms with E-state index in [1.165, 1.54) is 44.9 Å². The Hall–Kier alpha value is -0.260. The van der Waals surface area contributed by atoms with Crippen LogP contribution in [0.15, 0.2) is 11.6 Å². The standard InChI is InChI=1S/C12H22/c1-3-4-5-9-12-10-7-6-8-11(12)2/h9,11H,3-8,10H2,1-2H3/b12-9+. The van der Waals surface area contributed by atoms with Gasteiger partial charge in [-0.15, -0.1) is 0 Å². The minimum Gasteiger partial charge on any atom is -0.0851 e. The van der Waals surface area contributed by atoms with Crippen molar-refractivity contribution in [3.63, 3.8) is 0 Å². The van der Waals surface area contributed by atoms with Gasteiger partial charge in [-0.05, 0) is 31.6 Å². The molecule has 12 heavy (non-hydrogen) atoms. The molecule has 1 saturated carbocycles. The van der Waals surface area contributed by atoms with Crippen LogP contribution in [-0.4, -0.2) is 0 Å². The highest BCUT2D eigenvalue weighted by Gasteiger charge is 2.12. The van der Waals surface area contributed by atoms with E-state index in [1.807, 2.05) is 0 Å². The molecule has 1 aliphatic carbocycles. The molecule has 0 heterocycles. The van der Waals surface area contributed by atoms with E-state index in [-0.39, 0.29) is 0 Å². The fourth-order valence-corrected chi connectivity index (χ4v) is 2.01. The summed E-state index contributed by atoms with van der Waals surface area (Å²) in [5.74, 6) is 0.885. The third kappa shape index (κ3) is 3.00. The predicted molar refractivity (Wildman–Crippen MR) is 55.2 cm³/mol. The van der Waals surface area contributed by atoms with Crippen molar-refractivity contribution in [3.05, 3.63) is 11.6 Å². The van der Waals surface area contributed by atoms with E-state index in [0.29, 0.717) is 0 Å². The highest BCUT2D eigenvalue weighted by Crippen LogP contribution is 2.29. The maximum absolute atomic E-state index is 2.51. The second-order valence-corrected chi connectivity index (χ2v) is 4.07. The minimum absolute atomic E-state index is 0.885. The molecule has 1 atom stereocenters. The highest BCUT2D eigenvalue weighted by molar-refractivity contribution is 5.07. The molecule has 0 nitrogen and oxygen atoms in total. The monoisotopic (exact) mass is 166 g/mol. The number of unbranched alkanes of at least 4 members (excludes halogenated alkanes) is 2. The molecule has 0 N–H and O–H groups in total. The molecule has 1 aliphatic rings. The van der Waals surface area contributed by atoms with Crippen LogP contribution in [0.2, 0.25) is 0 Å². The predicted octanol–water partition coefficient (Wildman–Crippen LogP) is 4.31. The van der Waals surface area contributed by atoms with E-state index < -0.39 is 0 Å². The first-order valence-corrected chi connectivity index (χ1v) is 5.53. The Balaban J connectivity index is 2.31. The topological polar surface area (TPSA) is 0 Å². The van der Waals surface area contributed by atoms with Crippen molar-refractivity contribution in [1.29, 1.82) is 0 Å². The molecule has 0 aromatic carbocycles. The molecule has 0 aliphatic heterocycles. The summed E-state index contributed by atoms with van der Waals surface area (Å²) in [5, 5.41) is 0. The zero-order valence-electron chi connectivity index (χ0n) is 8.60. The van der Waals surface area contributed by atoms with E-state index in [2.05, 4.69) is 19.9 Å². The molecular weight excluding hydrogens is 144 g/mol. The lowest BCUT2D eigenvalue weighted by Crippen LogP contribution is -2.05. The summed E-state index contributed by atoms with van der Waals surface area (Å²) in [5.41, 5.74) is 1.75. The van der Waals surface area contributed by atoms with Crippen LogP contribution in [0.1, 0.15) is 58.8 Å². The lowest BCUT2D eigenvalue weighted by molar-refractivity contribution is 0.481. The van der Waals surface area contributed by atoms with Crippen LogP contribution in [0.3, 0.4) is 0 Å². The van der Waals surface area contributed by atoms with Crippen molar-refractivity contribution in [3.8, 4) is 0 Å². The van der Waals surface area contributed by atoms with Gasteiger partial charge in [0.25, 0.3) is 0 Å². The van der Waals surface area contributed by atoms with Crippen LogP contribution in [-0.2, 0) is 0 Å². The molecule has 0 bridgehead atoms. The van der Waals surface area contributed by atoms with Gasteiger partial charge in [-0.25, -0.2) is 0 Å². The van der Waals surface area contributed by atoms with Crippen LogP contribution in [0.4, 0.5) is 0 Å². The van der Waals surface area contributed by atoms with Crippen molar-refractivity contribution < 1.29 is 0 Å². The number of hydrogen-bond acceptors (Lipinski definition) is 0. The molecule has 0 heteroatoms. The highest BCUT2D eigenvalue weighted by atomic mass is 14.2. The van der Waals surface area contributed by atoms with E-state index in [1.54, 1.807) is 5.57 Å². The maximum Gasteiger partial charge on any atom is -0.0232 e. The van der Waals surface area contributed by atoms with Gasteiger partial charge in [0.05, 0.1) is 0 Å². The van der Waals surface area contributed by atoms with Gasteiger partial charge in [0, 0.05) is 0 Å². The van der Waals surface area contributed by atoms with E-state index in [0.717, 1.165) is 5.92 Å².